The highest BCUT2D eigenvalue weighted by atomic mass is 16.4. The molecule has 0 heterocycles. The molecule has 0 aromatic heterocycles. The molecule has 0 bridgehead atoms. The van der Waals surface area contributed by atoms with E-state index in [-0.39, 0.29) is 12.5 Å². The van der Waals surface area contributed by atoms with Gasteiger partial charge in [0.05, 0.1) is 6.42 Å². The van der Waals surface area contributed by atoms with E-state index < -0.39 is 5.97 Å². The second-order valence-electron chi connectivity index (χ2n) is 5.58. The average Bonchev–Trinajstić information content (AvgIpc) is 2.30. The van der Waals surface area contributed by atoms with E-state index in [4.69, 9.17) is 10.8 Å². The molecule has 0 saturated heterocycles. The standard InChI is InChI=1S/C16H25NO2/c1-12-6-8-14(9-7-12)5-3-4-13(2)10-15(17)11-16(18)19/h6-9,13,15H,3-5,10-11,17H2,1-2H3,(H,18,19)/t13-,15+/m1/s1. The summed E-state index contributed by atoms with van der Waals surface area (Å²) in [6.07, 6.45) is 4.17. The van der Waals surface area contributed by atoms with Crippen LogP contribution in [-0.2, 0) is 11.2 Å². The smallest absolute Gasteiger partial charge is 0.304 e. The molecule has 0 saturated carbocycles. The SMILES string of the molecule is Cc1ccc(CCC[C@@H](C)C[C@H](N)CC(=O)O)cc1. The van der Waals surface area contributed by atoms with Crippen molar-refractivity contribution in [3.05, 3.63) is 35.4 Å². The van der Waals surface area contributed by atoms with Gasteiger partial charge in [-0.1, -0.05) is 43.2 Å². The molecule has 1 aromatic carbocycles. The Labute approximate surface area is 115 Å². The van der Waals surface area contributed by atoms with E-state index in [2.05, 4.69) is 38.1 Å². The third-order valence-electron chi connectivity index (χ3n) is 3.42. The first-order chi connectivity index (χ1) is 8.97. The van der Waals surface area contributed by atoms with Crippen molar-refractivity contribution in [1.82, 2.24) is 0 Å². The number of carbonyl (C=O) groups is 1. The number of hydrogen-bond acceptors (Lipinski definition) is 2. The molecule has 106 valence electrons. The van der Waals surface area contributed by atoms with Crippen LogP contribution in [0.3, 0.4) is 0 Å². The Bertz CT molecular complexity index is 386. The molecule has 0 spiro atoms. The summed E-state index contributed by atoms with van der Waals surface area (Å²) in [6.45, 7) is 4.24. The largest absolute Gasteiger partial charge is 0.481 e. The Morgan fingerprint density at radius 1 is 1.32 bits per heavy atom. The van der Waals surface area contributed by atoms with E-state index in [1.165, 1.54) is 11.1 Å². The van der Waals surface area contributed by atoms with Gasteiger partial charge >= 0.3 is 5.97 Å². The van der Waals surface area contributed by atoms with Gasteiger partial charge in [0.15, 0.2) is 0 Å². The fourth-order valence-electron chi connectivity index (χ4n) is 2.35. The van der Waals surface area contributed by atoms with Gasteiger partial charge in [-0.2, -0.15) is 0 Å². The Kier molecular flexibility index (Phi) is 6.57. The van der Waals surface area contributed by atoms with Crippen LogP contribution in [0.2, 0.25) is 0 Å². The summed E-state index contributed by atoms with van der Waals surface area (Å²) in [5.41, 5.74) is 8.45. The molecule has 0 fully saturated rings. The van der Waals surface area contributed by atoms with E-state index in [1.807, 2.05) is 0 Å². The van der Waals surface area contributed by atoms with E-state index in [9.17, 15) is 4.79 Å². The lowest BCUT2D eigenvalue weighted by molar-refractivity contribution is -0.137. The second-order valence-corrected chi connectivity index (χ2v) is 5.58. The van der Waals surface area contributed by atoms with E-state index in [0.29, 0.717) is 5.92 Å². The number of hydrogen-bond donors (Lipinski definition) is 2. The third-order valence-corrected chi connectivity index (χ3v) is 3.42. The van der Waals surface area contributed by atoms with Gasteiger partial charge in [-0.05, 0) is 37.7 Å². The van der Waals surface area contributed by atoms with Crippen molar-refractivity contribution < 1.29 is 9.90 Å². The van der Waals surface area contributed by atoms with Crippen LogP contribution in [-0.4, -0.2) is 17.1 Å². The lowest BCUT2D eigenvalue weighted by atomic mass is 9.94. The van der Waals surface area contributed by atoms with Gasteiger partial charge in [0.25, 0.3) is 0 Å². The molecule has 0 amide bonds. The van der Waals surface area contributed by atoms with Crippen LogP contribution in [0.15, 0.2) is 24.3 Å². The van der Waals surface area contributed by atoms with Crippen molar-refractivity contribution in [2.75, 3.05) is 0 Å². The number of rotatable bonds is 8. The number of nitrogens with two attached hydrogens (primary N) is 1. The molecule has 3 heteroatoms. The molecule has 0 aliphatic carbocycles. The zero-order valence-electron chi connectivity index (χ0n) is 11.9. The Morgan fingerprint density at radius 3 is 2.53 bits per heavy atom. The molecule has 1 aromatic rings. The van der Waals surface area contributed by atoms with Gasteiger partial charge < -0.3 is 10.8 Å². The van der Waals surface area contributed by atoms with Crippen LogP contribution < -0.4 is 5.73 Å². The average molecular weight is 263 g/mol. The summed E-state index contributed by atoms with van der Waals surface area (Å²) in [6, 6.07) is 8.42. The van der Waals surface area contributed by atoms with E-state index >= 15 is 0 Å². The van der Waals surface area contributed by atoms with Crippen molar-refractivity contribution >= 4 is 5.97 Å². The molecule has 3 N–H and O–H groups in total. The predicted molar refractivity (Wildman–Crippen MR) is 78.1 cm³/mol. The van der Waals surface area contributed by atoms with Gasteiger partial charge in [-0.15, -0.1) is 0 Å². The van der Waals surface area contributed by atoms with Crippen molar-refractivity contribution in [3.8, 4) is 0 Å². The van der Waals surface area contributed by atoms with Crippen molar-refractivity contribution in [2.45, 2.75) is 52.0 Å². The molecule has 3 nitrogen and oxygen atoms in total. The maximum absolute atomic E-state index is 10.5. The Morgan fingerprint density at radius 2 is 1.95 bits per heavy atom. The zero-order chi connectivity index (χ0) is 14.3. The molecule has 0 radical (unpaired) electrons. The molecule has 1 rings (SSSR count). The van der Waals surface area contributed by atoms with E-state index in [0.717, 1.165) is 25.7 Å². The van der Waals surface area contributed by atoms with Crippen LogP contribution in [0.25, 0.3) is 0 Å². The first-order valence-corrected chi connectivity index (χ1v) is 7.00. The lowest BCUT2D eigenvalue weighted by Gasteiger charge is -2.15. The van der Waals surface area contributed by atoms with Crippen LogP contribution >= 0.6 is 0 Å². The summed E-state index contributed by atoms with van der Waals surface area (Å²) in [4.78, 5) is 10.5. The van der Waals surface area contributed by atoms with Crippen molar-refractivity contribution in [3.63, 3.8) is 0 Å². The summed E-state index contributed by atoms with van der Waals surface area (Å²) in [5, 5.41) is 8.66. The van der Waals surface area contributed by atoms with Crippen LogP contribution in [0, 0.1) is 12.8 Å². The van der Waals surface area contributed by atoms with Crippen molar-refractivity contribution in [1.29, 1.82) is 0 Å². The molecular formula is C16H25NO2. The van der Waals surface area contributed by atoms with Crippen LogP contribution in [0.4, 0.5) is 0 Å². The number of carboxylic acid groups (broad SMARTS) is 1. The summed E-state index contributed by atoms with van der Waals surface area (Å²) < 4.78 is 0. The number of aryl methyl sites for hydroxylation is 2. The van der Waals surface area contributed by atoms with Crippen LogP contribution in [0.5, 0.6) is 0 Å². The highest BCUT2D eigenvalue weighted by Gasteiger charge is 2.12. The third kappa shape index (κ3) is 6.97. The maximum atomic E-state index is 10.5. The van der Waals surface area contributed by atoms with Gasteiger partial charge in [0, 0.05) is 6.04 Å². The van der Waals surface area contributed by atoms with Crippen molar-refractivity contribution in [2.24, 2.45) is 11.7 Å². The summed E-state index contributed by atoms with van der Waals surface area (Å²) in [5.74, 6) is -0.320. The number of carboxylic acids is 1. The molecule has 19 heavy (non-hydrogen) atoms. The summed E-state index contributed by atoms with van der Waals surface area (Å²) in [7, 11) is 0. The highest BCUT2D eigenvalue weighted by molar-refractivity contribution is 5.67. The quantitative estimate of drug-likeness (QED) is 0.757. The van der Waals surface area contributed by atoms with Gasteiger partial charge in [0.1, 0.15) is 0 Å². The minimum Gasteiger partial charge on any atom is -0.481 e. The number of aliphatic carboxylic acids is 1. The molecule has 0 aliphatic rings. The first kappa shape index (κ1) is 15.7. The lowest BCUT2D eigenvalue weighted by Crippen LogP contribution is -2.26. The van der Waals surface area contributed by atoms with Crippen LogP contribution in [0.1, 0.15) is 43.7 Å². The fourth-order valence-corrected chi connectivity index (χ4v) is 2.35. The second kappa shape index (κ2) is 7.95. The number of benzene rings is 1. The van der Waals surface area contributed by atoms with Gasteiger partial charge in [0.2, 0.25) is 0 Å². The summed E-state index contributed by atoms with van der Waals surface area (Å²) >= 11 is 0. The van der Waals surface area contributed by atoms with Gasteiger partial charge in [-0.25, -0.2) is 0 Å². The minimum absolute atomic E-state index is 0.0717. The molecule has 2 atom stereocenters. The Balaban J connectivity index is 2.21. The Hall–Kier alpha value is -1.35. The normalized spacial score (nSPS) is 14.1. The predicted octanol–water partition coefficient (Wildman–Crippen LogP) is 3.15. The maximum Gasteiger partial charge on any atom is 0.304 e. The molecular weight excluding hydrogens is 238 g/mol. The van der Waals surface area contributed by atoms with E-state index in [1.54, 1.807) is 0 Å². The minimum atomic E-state index is -0.806. The molecule has 0 unspecified atom stereocenters. The molecule has 0 aliphatic heterocycles. The highest BCUT2D eigenvalue weighted by Crippen LogP contribution is 2.16. The monoisotopic (exact) mass is 263 g/mol. The zero-order valence-corrected chi connectivity index (χ0v) is 11.9. The van der Waals surface area contributed by atoms with Gasteiger partial charge in [-0.3, -0.25) is 4.79 Å². The fraction of sp³-hybridized carbons (Fsp3) is 0.562. The topological polar surface area (TPSA) is 63.3 Å². The first-order valence-electron chi connectivity index (χ1n) is 7.00.